The van der Waals surface area contributed by atoms with Crippen molar-refractivity contribution < 1.29 is 9.90 Å². The van der Waals surface area contributed by atoms with E-state index in [2.05, 4.69) is 13.8 Å². The first kappa shape index (κ1) is 16.1. The van der Waals surface area contributed by atoms with Crippen molar-refractivity contribution in [1.82, 2.24) is 0 Å². The average molecular weight is 319 g/mol. The molecule has 130 valence electrons. The molecule has 0 aromatic heterocycles. The molecule has 0 heterocycles. The fourth-order valence-electron chi connectivity index (χ4n) is 7.60. The van der Waals surface area contributed by atoms with Crippen LogP contribution in [0, 0.1) is 40.4 Å². The monoisotopic (exact) mass is 318 g/mol. The number of hydrogen-bond donors (Lipinski definition) is 1. The molecule has 4 aliphatic rings. The minimum Gasteiger partial charge on any atom is -0.393 e. The van der Waals surface area contributed by atoms with Crippen molar-refractivity contribution in [2.45, 2.75) is 84.7 Å². The number of aliphatic hydroxyl groups excluding tert-OH is 1. The third-order valence-corrected chi connectivity index (χ3v) is 9.19. The minimum absolute atomic E-state index is 0.0626. The Bertz CT molecular complexity index is 500. The minimum atomic E-state index is -0.0626. The molecule has 1 N–H and O–H groups in total. The first-order valence-corrected chi connectivity index (χ1v) is 10.0. The second-order valence-electron chi connectivity index (χ2n) is 9.88. The van der Waals surface area contributed by atoms with Gasteiger partial charge in [-0.05, 0) is 99.2 Å². The highest BCUT2D eigenvalue weighted by molar-refractivity contribution is 5.78. The Morgan fingerprint density at radius 3 is 2.35 bits per heavy atom. The summed E-state index contributed by atoms with van der Waals surface area (Å²) in [6, 6.07) is 0. The maximum Gasteiger partial charge on any atom is 0.132 e. The van der Waals surface area contributed by atoms with Gasteiger partial charge in [0.25, 0.3) is 0 Å². The molecule has 0 radical (unpaired) electrons. The normalized spacial score (nSPS) is 55.7. The fourth-order valence-corrected chi connectivity index (χ4v) is 7.60. The third-order valence-electron chi connectivity index (χ3n) is 9.19. The van der Waals surface area contributed by atoms with Gasteiger partial charge in [-0.2, -0.15) is 0 Å². The number of ketones is 1. The van der Waals surface area contributed by atoms with Crippen molar-refractivity contribution in [3.63, 3.8) is 0 Å². The zero-order valence-electron chi connectivity index (χ0n) is 15.2. The lowest BCUT2D eigenvalue weighted by Crippen LogP contribution is -2.54. The summed E-state index contributed by atoms with van der Waals surface area (Å²) in [7, 11) is 0. The molecule has 0 aromatic carbocycles. The highest BCUT2D eigenvalue weighted by Crippen LogP contribution is 2.66. The van der Waals surface area contributed by atoms with E-state index in [1.165, 1.54) is 38.5 Å². The second kappa shape index (κ2) is 5.31. The van der Waals surface area contributed by atoms with Gasteiger partial charge in [0.15, 0.2) is 0 Å². The molecular weight excluding hydrogens is 284 g/mol. The number of Topliss-reactive ketones (excluding diaryl/α,β-unsaturated/α-hetero) is 1. The predicted octanol–water partition coefficient (Wildman–Crippen LogP) is 4.60. The van der Waals surface area contributed by atoms with E-state index in [1.807, 2.05) is 0 Å². The molecule has 0 unspecified atom stereocenters. The largest absolute Gasteiger partial charge is 0.393 e. The van der Waals surface area contributed by atoms with Gasteiger partial charge in [0.1, 0.15) is 5.78 Å². The summed E-state index contributed by atoms with van der Waals surface area (Å²) in [5.74, 6) is 3.95. The summed E-state index contributed by atoms with van der Waals surface area (Å²) in [4.78, 5) is 11.9. The standard InChI is InChI=1S/C21H34O2/c1-13(22)14-8-10-20(2)15(12-14)4-5-16-17-6-7-19(23)21(17,3)11-9-18(16)20/h14-19,23H,4-12H2,1-3H3/t14-,15-,16+,17+,18+,19+,20-,21-/m0/s1. The lowest BCUT2D eigenvalue weighted by atomic mass is 9.44. The van der Waals surface area contributed by atoms with Crippen LogP contribution in [0.3, 0.4) is 0 Å². The maximum absolute atomic E-state index is 11.9. The molecule has 0 bridgehead atoms. The predicted molar refractivity (Wildman–Crippen MR) is 91.9 cm³/mol. The number of rotatable bonds is 1. The van der Waals surface area contributed by atoms with Gasteiger partial charge in [-0.1, -0.05) is 13.8 Å². The van der Waals surface area contributed by atoms with Crippen molar-refractivity contribution in [3.05, 3.63) is 0 Å². The summed E-state index contributed by atoms with van der Waals surface area (Å²) in [5, 5.41) is 10.5. The number of carbonyl (C=O) groups is 1. The van der Waals surface area contributed by atoms with Crippen LogP contribution in [0.1, 0.15) is 78.6 Å². The van der Waals surface area contributed by atoms with E-state index in [4.69, 9.17) is 0 Å². The molecule has 4 saturated carbocycles. The maximum atomic E-state index is 11.9. The van der Waals surface area contributed by atoms with Crippen LogP contribution in [-0.2, 0) is 4.79 Å². The summed E-state index contributed by atoms with van der Waals surface area (Å²) in [5.41, 5.74) is 0.657. The number of carbonyl (C=O) groups excluding carboxylic acids is 1. The van der Waals surface area contributed by atoms with E-state index in [-0.39, 0.29) is 11.5 Å². The van der Waals surface area contributed by atoms with Crippen LogP contribution in [0.15, 0.2) is 0 Å². The fraction of sp³-hybridized carbons (Fsp3) is 0.952. The molecule has 4 fully saturated rings. The molecule has 0 spiro atoms. The summed E-state index contributed by atoms with van der Waals surface area (Å²) >= 11 is 0. The molecule has 0 aliphatic heterocycles. The van der Waals surface area contributed by atoms with Crippen LogP contribution in [0.2, 0.25) is 0 Å². The lowest BCUT2D eigenvalue weighted by Gasteiger charge is -2.60. The number of hydrogen-bond acceptors (Lipinski definition) is 2. The molecule has 0 saturated heterocycles. The Labute approximate surface area is 141 Å². The van der Waals surface area contributed by atoms with Crippen molar-refractivity contribution in [1.29, 1.82) is 0 Å². The quantitative estimate of drug-likeness (QED) is 0.767. The molecular formula is C21H34O2. The van der Waals surface area contributed by atoms with Crippen LogP contribution in [0.5, 0.6) is 0 Å². The molecule has 23 heavy (non-hydrogen) atoms. The summed E-state index contributed by atoms with van der Waals surface area (Å²) < 4.78 is 0. The highest BCUT2D eigenvalue weighted by Gasteiger charge is 2.60. The first-order valence-electron chi connectivity index (χ1n) is 10.0. The molecule has 0 aromatic rings. The molecule has 0 amide bonds. The van der Waals surface area contributed by atoms with Gasteiger partial charge in [-0.3, -0.25) is 4.79 Å². The molecule has 4 rings (SSSR count). The Balaban J connectivity index is 1.58. The van der Waals surface area contributed by atoms with Crippen LogP contribution in [0.4, 0.5) is 0 Å². The van der Waals surface area contributed by atoms with Gasteiger partial charge >= 0.3 is 0 Å². The average Bonchev–Trinajstić information content (AvgIpc) is 2.82. The second-order valence-corrected chi connectivity index (χ2v) is 9.88. The zero-order valence-corrected chi connectivity index (χ0v) is 15.2. The van der Waals surface area contributed by atoms with Gasteiger partial charge < -0.3 is 5.11 Å². The molecule has 2 nitrogen and oxygen atoms in total. The highest BCUT2D eigenvalue weighted by atomic mass is 16.3. The van der Waals surface area contributed by atoms with Gasteiger partial charge in [0.05, 0.1) is 6.10 Å². The topological polar surface area (TPSA) is 37.3 Å². The van der Waals surface area contributed by atoms with Crippen molar-refractivity contribution >= 4 is 5.78 Å². The van der Waals surface area contributed by atoms with E-state index in [0.29, 0.717) is 17.1 Å². The Kier molecular flexibility index (Phi) is 3.72. The van der Waals surface area contributed by atoms with Gasteiger partial charge in [-0.25, -0.2) is 0 Å². The molecule has 8 atom stereocenters. The van der Waals surface area contributed by atoms with Gasteiger partial charge in [0, 0.05) is 5.92 Å². The van der Waals surface area contributed by atoms with Crippen LogP contribution in [0.25, 0.3) is 0 Å². The van der Waals surface area contributed by atoms with Crippen LogP contribution in [-0.4, -0.2) is 17.0 Å². The van der Waals surface area contributed by atoms with E-state index < -0.39 is 0 Å². The first-order chi connectivity index (χ1) is 10.9. The molecule has 4 aliphatic carbocycles. The van der Waals surface area contributed by atoms with Crippen molar-refractivity contribution in [3.8, 4) is 0 Å². The van der Waals surface area contributed by atoms with Crippen molar-refractivity contribution in [2.24, 2.45) is 40.4 Å². The van der Waals surface area contributed by atoms with Gasteiger partial charge in [-0.15, -0.1) is 0 Å². The molecule has 2 heteroatoms. The Morgan fingerprint density at radius 2 is 1.61 bits per heavy atom. The van der Waals surface area contributed by atoms with E-state index in [9.17, 15) is 9.90 Å². The number of aliphatic hydroxyl groups is 1. The van der Waals surface area contributed by atoms with Crippen LogP contribution < -0.4 is 0 Å². The third kappa shape index (κ3) is 2.19. The van der Waals surface area contributed by atoms with Crippen molar-refractivity contribution in [2.75, 3.05) is 0 Å². The zero-order chi connectivity index (χ0) is 16.4. The van der Waals surface area contributed by atoms with Gasteiger partial charge in [0.2, 0.25) is 0 Å². The van der Waals surface area contributed by atoms with E-state index >= 15 is 0 Å². The van der Waals surface area contributed by atoms with E-state index in [1.54, 1.807) is 6.92 Å². The van der Waals surface area contributed by atoms with E-state index in [0.717, 1.165) is 42.9 Å². The SMILES string of the molecule is CC(=O)[C@H]1CC[C@@]2(C)[C@@H](CC[C@H]3[C@H]2CC[C@]2(C)[C@H](O)CC[C@H]32)C1. The Morgan fingerprint density at radius 1 is 0.913 bits per heavy atom. The Hall–Kier alpha value is -0.370. The lowest BCUT2D eigenvalue weighted by molar-refractivity contribution is -0.138. The summed E-state index contributed by atoms with van der Waals surface area (Å²) in [6.45, 7) is 6.72. The smallest absolute Gasteiger partial charge is 0.132 e. The van der Waals surface area contributed by atoms with Crippen LogP contribution >= 0.6 is 0 Å². The summed E-state index contributed by atoms with van der Waals surface area (Å²) in [6.07, 6.45) is 10.9. The number of fused-ring (bicyclic) bond motifs is 5.